The monoisotopic (exact) mass is 266 g/mol. The van der Waals surface area contributed by atoms with Crippen LogP contribution in [0.2, 0.25) is 0 Å². The topological polar surface area (TPSA) is 26.3 Å². The van der Waals surface area contributed by atoms with Crippen molar-refractivity contribution >= 4 is 12.0 Å². The molecule has 0 atom stereocenters. The lowest BCUT2D eigenvalue weighted by atomic mass is 10.1. The molecule has 0 aliphatic rings. The highest BCUT2D eigenvalue weighted by Crippen LogP contribution is 2.15. The number of rotatable bonds is 3. The van der Waals surface area contributed by atoms with Gasteiger partial charge in [-0.3, -0.25) is 0 Å². The standard InChI is InChI=1S/C18H18O2/c1-13-4-8-16(9-5-13)12-15(3)18(19)20-17-10-6-14(2)7-11-17/h4-12H,1-3H3. The number of carbonyl (C=O) groups is 1. The van der Waals surface area contributed by atoms with E-state index in [2.05, 4.69) is 0 Å². The summed E-state index contributed by atoms with van der Waals surface area (Å²) in [5, 5.41) is 0. The average molecular weight is 266 g/mol. The number of aryl methyl sites for hydroxylation is 2. The first-order valence-electron chi connectivity index (χ1n) is 6.58. The van der Waals surface area contributed by atoms with Crippen molar-refractivity contribution < 1.29 is 9.53 Å². The molecule has 0 bridgehead atoms. The van der Waals surface area contributed by atoms with E-state index in [4.69, 9.17) is 4.74 Å². The Labute approximate surface area is 119 Å². The number of ether oxygens (including phenoxy) is 1. The highest BCUT2D eigenvalue weighted by atomic mass is 16.5. The molecular formula is C18H18O2. The van der Waals surface area contributed by atoms with Crippen LogP contribution in [-0.4, -0.2) is 5.97 Å². The molecule has 0 spiro atoms. The van der Waals surface area contributed by atoms with Crippen molar-refractivity contribution in [3.8, 4) is 5.75 Å². The van der Waals surface area contributed by atoms with E-state index < -0.39 is 0 Å². The molecule has 0 saturated heterocycles. The molecule has 0 amide bonds. The number of hydrogen-bond donors (Lipinski definition) is 0. The Kier molecular flexibility index (Phi) is 4.36. The molecule has 0 aromatic heterocycles. The van der Waals surface area contributed by atoms with Crippen molar-refractivity contribution in [3.05, 3.63) is 70.8 Å². The highest BCUT2D eigenvalue weighted by molar-refractivity contribution is 5.94. The molecule has 2 heteroatoms. The van der Waals surface area contributed by atoms with Crippen molar-refractivity contribution in [1.82, 2.24) is 0 Å². The minimum atomic E-state index is -0.325. The molecule has 0 radical (unpaired) electrons. The summed E-state index contributed by atoms with van der Waals surface area (Å²) in [5.74, 6) is 0.242. The first-order chi connectivity index (χ1) is 9.54. The van der Waals surface area contributed by atoms with E-state index in [-0.39, 0.29) is 5.97 Å². The van der Waals surface area contributed by atoms with E-state index in [0.29, 0.717) is 11.3 Å². The maximum Gasteiger partial charge on any atom is 0.339 e. The van der Waals surface area contributed by atoms with Crippen LogP contribution in [0.1, 0.15) is 23.6 Å². The zero-order valence-corrected chi connectivity index (χ0v) is 12.0. The number of esters is 1. The third-order valence-corrected chi connectivity index (χ3v) is 3.01. The minimum absolute atomic E-state index is 0.325. The Hall–Kier alpha value is -2.35. The minimum Gasteiger partial charge on any atom is -0.423 e. The van der Waals surface area contributed by atoms with Gasteiger partial charge in [0, 0.05) is 5.57 Å². The zero-order valence-electron chi connectivity index (χ0n) is 12.0. The van der Waals surface area contributed by atoms with Crippen LogP contribution < -0.4 is 4.74 Å². The predicted octanol–water partition coefficient (Wildman–Crippen LogP) is 4.31. The van der Waals surface area contributed by atoms with Gasteiger partial charge in [-0.1, -0.05) is 47.5 Å². The molecule has 2 rings (SSSR count). The summed E-state index contributed by atoms with van der Waals surface area (Å²) in [5.41, 5.74) is 3.90. The summed E-state index contributed by atoms with van der Waals surface area (Å²) in [4.78, 5) is 12.0. The van der Waals surface area contributed by atoms with Crippen LogP contribution in [0.15, 0.2) is 54.1 Å². The van der Waals surface area contributed by atoms with E-state index in [9.17, 15) is 4.79 Å². The molecule has 0 unspecified atom stereocenters. The largest absolute Gasteiger partial charge is 0.423 e. The lowest BCUT2D eigenvalue weighted by Gasteiger charge is -2.05. The Morgan fingerprint density at radius 3 is 1.95 bits per heavy atom. The van der Waals surface area contributed by atoms with Crippen LogP contribution in [-0.2, 0) is 4.79 Å². The predicted molar refractivity (Wildman–Crippen MR) is 81.6 cm³/mol. The molecule has 0 N–H and O–H groups in total. The van der Waals surface area contributed by atoms with Crippen LogP contribution in [0, 0.1) is 13.8 Å². The van der Waals surface area contributed by atoms with Gasteiger partial charge in [-0.2, -0.15) is 0 Å². The van der Waals surface area contributed by atoms with Gasteiger partial charge in [0.2, 0.25) is 0 Å². The fraction of sp³-hybridized carbons (Fsp3) is 0.167. The van der Waals surface area contributed by atoms with E-state index in [1.807, 2.05) is 56.3 Å². The van der Waals surface area contributed by atoms with Gasteiger partial charge < -0.3 is 4.74 Å². The molecular weight excluding hydrogens is 248 g/mol. The summed E-state index contributed by atoms with van der Waals surface area (Å²) in [7, 11) is 0. The van der Waals surface area contributed by atoms with Gasteiger partial charge in [0.15, 0.2) is 0 Å². The molecule has 0 fully saturated rings. The van der Waals surface area contributed by atoms with Gasteiger partial charge in [-0.05, 0) is 44.5 Å². The third kappa shape index (κ3) is 3.82. The number of benzene rings is 2. The van der Waals surface area contributed by atoms with E-state index in [1.54, 1.807) is 19.1 Å². The highest BCUT2D eigenvalue weighted by Gasteiger charge is 2.07. The van der Waals surface area contributed by atoms with Crippen molar-refractivity contribution in [2.24, 2.45) is 0 Å². The Bertz CT molecular complexity index is 619. The Balaban J connectivity index is 2.08. The summed E-state index contributed by atoms with van der Waals surface area (Å²) >= 11 is 0. The molecule has 0 aliphatic heterocycles. The number of hydrogen-bond acceptors (Lipinski definition) is 2. The molecule has 2 aromatic carbocycles. The van der Waals surface area contributed by atoms with Crippen LogP contribution in [0.25, 0.3) is 6.08 Å². The van der Waals surface area contributed by atoms with Crippen molar-refractivity contribution in [1.29, 1.82) is 0 Å². The molecule has 0 saturated carbocycles. The maximum absolute atomic E-state index is 12.0. The Morgan fingerprint density at radius 2 is 1.40 bits per heavy atom. The average Bonchev–Trinajstić information content (AvgIpc) is 2.44. The second-order valence-corrected chi connectivity index (χ2v) is 4.94. The normalized spacial score (nSPS) is 11.2. The molecule has 0 heterocycles. The molecule has 2 aromatic rings. The van der Waals surface area contributed by atoms with Gasteiger partial charge in [0.05, 0.1) is 0 Å². The van der Waals surface area contributed by atoms with Gasteiger partial charge in [-0.25, -0.2) is 4.79 Å². The molecule has 20 heavy (non-hydrogen) atoms. The summed E-state index contributed by atoms with van der Waals surface area (Å²) in [6.07, 6.45) is 1.83. The number of carbonyl (C=O) groups excluding carboxylic acids is 1. The second-order valence-electron chi connectivity index (χ2n) is 4.94. The fourth-order valence-corrected chi connectivity index (χ4v) is 1.77. The molecule has 0 aliphatic carbocycles. The van der Waals surface area contributed by atoms with Gasteiger partial charge in [-0.15, -0.1) is 0 Å². The van der Waals surface area contributed by atoms with Crippen LogP contribution in [0.4, 0.5) is 0 Å². The van der Waals surface area contributed by atoms with Crippen LogP contribution in [0.3, 0.4) is 0 Å². The molecule has 102 valence electrons. The second kappa shape index (κ2) is 6.20. The quantitative estimate of drug-likeness (QED) is 0.470. The van der Waals surface area contributed by atoms with E-state index >= 15 is 0 Å². The zero-order chi connectivity index (χ0) is 14.5. The summed E-state index contributed by atoms with van der Waals surface area (Å²) < 4.78 is 5.32. The lowest BCUT2D eigenvalue weighted by Crippen LogP contribution is -2.08. The van der Waals surface area contributed by atoms with E-state index in [1.165, 1.54) is 5.56 Å². The molecule has 2 nitrogen and oxygen atoms in total. The van der Waals surface area contributed by atoms with Crippen LogP contribution in [0.5, 0.6) is 5.75 Å². The summed E-state index contributed by atoms with van der Waals surface area (Å²) in [6.45, 7) is 5.79. The lowest BCUT2D eigenvalue weighted by molar-refractivity contribution is -0.130. The maximum atomic E-state index is 12.0. The first-order valence-corrected chi connectivity index (χ1v) is 6.58. The van der Waals surface area contributed by atoms with Gasteiger partial charge >= 0.3 is 5.97 Å². The van der Waals surface area contributed by atoms with E-state index in [0.717, 1.165) is 11.1 Å². The van der Waals surface area contributed by atoms with Crippen molar-refractivity contribution in [3.63, 3.8) is 0 Å². The summed E-state index contributed by atoms with van der Waals surface area (Å²) in [6, 6.07) is 15.4. The van der Waals surface area contributed by atoms with Gasteiger partial charge in [0.1, 0.15) is 5.75 Å². The third-order valence-electron chi connectivity index (χ3n) is 3.01. The van der Waals surface area contributed by atoms with Crippen LogP contribution >= 0.6 is 0 Å². The van der Waals surface area contributed by atoms with Gasteiger partial charge in [0.25, 0.3) is 0 Å². The van der Waals surface area contributed by atoms with Crippen molar-refractivity contribution in [2.45, 2.75) is 20.8 Å². The first kappa shape index (κ1) is 14.1. The SMILES string of the molecule is CC(=Cc1ccc(C)cc1)C(=O)Oc1ccc(C)cc1. The Morgan fingerprint density at radius 1 is 0.900 bits per heavy atom. The smallest absolute Gasteiger partial charge is 0.339 e. The fourth-order valence-electron chi connectivity index (χ4n) is 1.77. The van der Waals surface area contributed by atoms with Crippen molar-refractivity contribution in [2.75, 3.05) is 0 Å².